The molecule has 3 rings (SSSR count). The monoisotopic (exact) mass is 374 g/mol. The Hall–Kier alpha value is -3.54. The first-order valence-electron chi connectivity index (χ1n) is 9.08. The molecule has 0 spiro atoms. The second-order valence-corrected chi connectivity index (χ2v) is 6.33. The van der Waals surface area contributed by atoms with Crippen LogP contribution < -0.4 is 10.2 Å². The van der Waals surface area contributed by atoms with Crippen molar-refractivity contribution in [1.82, 2.24) is 9.97 Å². The molecular formula is C22H22N4O2. The molecule has 0 unspecified atom stereocenters. The van der Waals surface area contributed by atoms with Crippen LogP contribution in [0.3, 0.4) is 0 Å². The van der Waals surface area contributed by atoms with Gasteiger partial charge in [-0.3, -0.25) is 9.59 Å². The predicted octanol–water partition coefficient (Wildman–Crippen LogP) is 4.40. The van der Waals surface area contributed by atoms with Crippen molar-refractivity contribution in [2.75, 3.05) is 16.8 Å². The van der Waals surface area contributed by atoms with Gasteiger partial charge in [-0.2, -0.15) is 0 Å². The summed E-state index contributed by atoms with van der Waals surface area (Å²) >= 11 is 0. The van der Waals surface area contributed by atoms with Crippen LogP contribution in [0.4, 0.5) is 17.2 Å². The Morgan fingerprint density at radius 2 is 1.68 bits per heavy atom. The second kappa shape index (κ2) is 8.43. The topological polar surface area (TPSA) is 75.2 Å². The summed E-state index contributed by atoms with van der Waals surface area (Å²) < 4.78 is 0. The summed E-state index contributed by atoms with van der Waals surface area (Å²) in [6, 6.07) is 18.3. The Morgan fingerprint density at radius 3 is 2.29 bits per heavy atom. The number of aromatic nitrogens is 2. The number of ketones is 1. The van der Waals surface area contributed by atoms with Gasteiger partial charge in [0.2, 0.25) is 0 Å². The van der Waals surface area contributed by atoms with Crippen LogP contribution in [-0.4, -0.2) is 28.2 Å². The molecule has 6 nitrogen and oxygen atoms in total. The summed E-state index contributed by atoms with van der Waals surface area (Å²) in [4.78, 5) is 34.9. The Morgan fingerprint density at radius 1 is 1.00 bits per heavy atom. The van der Waals surface area contributed by atoms with Gasteiger partial charge in [0.15, 0.2) is 5.78 Å². The molecule has 0 radical (unpaired) electrons. The van der Waals surface area contributed by atoms with E-state index in [1.165, 1.54) is 6.92 Å². The summed E-state index contributed by atoms with van der Waals surface area (Å²) in [5.41, 5.74) is 2.48. The van der Waals surface area contributed by atoms with E-state index in [1.807, 2.05) is 42.2 Å². The molecule has 0 bridgehead atoms. The molecular weight excluding hydrogens is 352 g/mol. The first-order valence-corrected chi connectivity index (χ1v) is 9.08. The Balaban J connectivity index is 1.86. The third-order valence-electron chi connectivity index (χ3n) is 4.27. The normalized spacial score (nSPS) is 10.4. The SMILES string of the molecule is CCN(c1ccccc1)c1cc(C(=O)Nc2ccc(C(C)=O)cc2)nc(C)n1. The minimum atomic E-state index is -0.327. The summed E-state index contributed by atoms with van der Waals surface area (Å²) in [5.74, 6) is 0.836. The van der Waals surface area contributed by atoms with Crippen LogP contribution in [0.2, 0.25) is 0 Å². The summed E-state index contributed by atoms with van der Waals surface area (Å²) in [6.07, 6.45) is 0. The molecule has 0 aliphatic heterocycles. The third kappa shape index (κ3) is 4.40. The van der Waals surface area contributed by atoms with E-state index in [9.17, 15) is 9.59 Å². The van der Waals surface area contributed by atoms with E-state index in [1.54, 1.807) is 37.3 Å². The summed E-state index contributed by atoms with van der Waals surface area (Å²) in [6.45, 7) is 6.00. The van der Waals surface area contributed by atoms with Crippen molar-refractivity contribution >= 4 is 28.9 Å². The average Bonchev–Trinajstić information content (AvgIpc) is 2.69. The fourth-order valence-corrected chi connectivity index (χ4v) is 2.87. The summed E-state index contributed by atoms with van der Waals surface area (Å²) in [5, 5.41) is 2.82. The van der Waals surface area contributed by atoms with Crippen molar-refractivity contribution in [3.63, 3.8) is 0 Å². The van der Waals surface area contributed by atoms with Crippen LogP contribution in [0.1, 0.15) is 40.5 Å². The van der Waals surface area contributed by atoms with Gasteiger partial charge in [-0.15, -0.1) is 0 Å². The van der Waals surface area contributed by atoms with Gasteiger partial charge < -0.3 is 10.2 Å². The molecule has 6 heteroatoms. The zero-order valence-corrected chi connectivity index (χ0v) is 16.1. The molecule has 0 aliphatic carbocycles. The van der Waals surface area contributed by atoms with Gasteiger partial charge in [0.1, 0.15) is 17.3 Å². The minimum Gasteiger partial charge on any atom is -0.327 e. The van der Waals surface area contributed by atoms with Crippen molar-refractivity contribution in [3.8, 4) is 0 Å². The Bertz CT molecular complexity index is 985. The minimum absolute atomic E-state index is 0.0190. The zero-order chi connectivity index (χ0) is 20.1. The predicted molar refractivity (Wildman–Crippen MR) is 110 cm³/mol. The molecule has 1 N–H and O–H groups in total. The molecule has 0 fully saturated rings. The fraction of sp³-hybridized carbons (Fsp3) is 0.182. The quantitative estimate of drug-likeness (QED) is 0.647. The number of carbonyl (C=O) groups is 2. The lowest BCUT2D eigenvalue weighted by Gasteiger charge is -2.22. The van der Waals surface area contributed by atoms with Gasteiger partial charge in [0, 0.05) is 29.5 Å². The van der Waals surface area contributed by atoms with Gasteiger partial charge in [-0.05, 0) is 57.2 Å². The molecule has 142 valence electrons. The van der Waals surface area contributed by atoms with E-state index in [4.69, 9.17) is 0 Å². The maximum atomic E-state index is 12.7. The number of carbonyl (C=O) groups excluding carboxylic acids is 2. The van der Waals surface area contributed by atoms with Crippen molar-refractivity contribution < 1.29 is 9.59 Å². The molecule has 0 aliphatic rings. The lowest BCUT2D eigenvalue weighted by Crippen LogP contribution is -2.21. The third-order valence-corrected chi connectivity index (χ3v) is 4.27. The molecule has 0 saturated carbocycles. The summed E-state index contributed by atoms with van der Waals surface area (Å²) in [7, 11) is 0. The van der Waals surface area contributed by atoms with Gasteiger partial charge in [-0.1, -0.05) is 18.2 Å². The molecule has 0 saturated heterocycles. The van der Waals surface area contributed by atoms with E-state index in [0.29, 0.717) is 29.4 Å². The molecule has 3 aromatic rings. The molecule has 28 heavy (non-hydrogen) atoms. The Labute approximate surface area is 164 Å². The standard InChI is InChI=1S/C22H22N4O2/c1-4-26(19-8-6-5-7-9-19)21-14-20(23-16(3)24-21)22(28)25-18-12-10-17(11-13-18)15(2)27/h5-14H,4H2,1-3H3,(H,25,28). The molecule has 2 aromatic carbocycles. The van der Waals surface area contributed by atoms with E-state index >= 15 is 0 Å². The number of hydrogen-bond donors (Lipinski definition) is 1. The fourth-order valence-electron chi connectivity index (χ4n) is 2.87. The van der Waals surface area contributed by atoms with Crippen LogP contribution in [0.15, 0.2) is 60.7 Å². The highest BCUT2D eigenvalue weighted by molar-refractivity contribution is 6.03. The van der Waals surface area contributed by atoms with Gasteiger partial charge in [-0.25, -0.2) is 9.97 Å². The molecule has 1 aromatic heterocycles. The highest BCUT2D eigenvalue weighted by Gasteiger charge is 2.15. The number of aryl methyl sites for hydroxylation is 1. The van der Waals surface area contributed by atoms with Crippen LogP contribution in [0, 0.1) is 6.92 Å². The molecule has 0 atom stereocenters. The van der Waals surface area contributed by atoms with Crippen molar-refractivity contribution in [2.24, 2.45) is 0 Å². The maximum absolute atomic E-state index is 12.7. The van der Waals surface area contributed by atoms with Crippen molar-refractivity contribution in [2.45, 2.75) is 20.8 Å². The highest BCUT2D eigenvalue weighted by Crippen LogP contribution is 2.24. The van der Waals surface area contributed by atoms with Crippen molar-refractivity contribution in [3.05, 3.63) is 77.7 Å². The number of para-hydroxylation sites is 1. The number of benzene rings is 2. The molecule has 1 heterocycles. The average molecular weight is 374 g/mol. The smallest absolute Gasteiger partial charge is 0.274 e. The number of Topliss-reactive ketones (excluding diaryl/α,β-unsaturated/α-hetero) is 1. The largest absolute Gasteiger partial charge is 0.327 e. The van der Waals surface area contributed by atoms with E-state index in [0.717, 1.165) is 5.69 Å². The van der Waals surface area contributed by atoms with E-state index in [2.05, 4.69) is 15.3 Å². The first kappa shape index (κ1) is 19.2. The van der Waals surface area contributed by atoms with Crippen LogP contribution in [-0.2, 0) is 0 Å². The van der Waals surface area contributed by atoms with E-state index in [-0.39, 0.29) is 17.4 Å². The second-order valence-electron chi connectivity index (χ2n) is 6.33. The number of nitrogens with one attached hydrogen (secondary N) is 1. The van der Waals surface area contributed by atoms with Gasteiger partial charge in [0.05, 0.1) is 0 Å². The number of anilines is 3. The van der Waals surface area contributed by atoms with E-state index < -0.39 is 0 Å². The number of rotatable bonds is 6. The molecule has 1 amide bonds. The number of amides is 1. The van der Waals surface area contributed by atoms with Crippen LogP contribution >= 0.6 is 0 Å². The Kier molecular flexibility index (Phi) is 5.79. The number of hydrogen-bond acceptors (Lipinski definition) is 5. The van der Waals surface area contributed by atoms with Gasteiger partial charge >= 0.3 is 0 Å². The maximum Gasteiger partial charge on any atom is 0.274 e. The lowest BCUT2D eigenvalue weighted by molar-refractivity contribution is 0.101. The van der Waals surface area contributed by atoms with Crippen LogP contribution in [0.5, 0.6) is 0 Å². The van der Waals surface area contributed by atoms with Crippen molar-refractivity contribution in [1.29, 1.82) is 0 Å². The lowest BCUT2D eigenvalue weighted by atomic mass is 10.1. The zero-order valence-electron chi connectivity index (χ0n) is 16.1. The number of nitrogens with zero attached hydrogens (tertiary/aromatic N) is 3. The highest BCUT2D eigenvalue weighted by atomic mass is 16.2. The van der Waals surface area contributed by atoms with Gasteiger partial charge in [0.25, 0.3) is 5.91 Å². The first-order chi connectivity index (χ1) is 13.5. The van der Waals surface area contributed by atoms with Crippen LogP contribution in [0.25, 0.3) is 0 Å².